The standard InChI is InChI=1S/C18H14N6O4/c25-23(26)11-1-3-13-15(9-11)21-17(19-13)5-7-18(8-6-17)20-14-4-2-12(24(27)28)10-16(14)22-18/h1-4,9-10H,5-8H2. The molecule has 2 aromatic rings. The summed E-state index contributed by atoms with van der Waals surface area (Å²) in [5.74, 6) is 0. The Morgan fingerprint density at radius 1 is 0.643 bits per heavy atom. The topological polar surface area (TPSA) is 136 Å². The summed E-state index contributed by atoms with van der Waals surface area (Å²) in [6.45, 7) is 0. The number of nitro groups is 2. The van der Waals surface area contributed by atoms with Gasteiger partial charge in [0.2, 0.25) is 0 Å². The highest BCUT2D eigenvalue weighted by Crippen LogP contribution is 2.41. The number of non-ortho nitro benzene ring substituents is 2. The minimum absolute atomic E-state index is 0.000124. The number of rotatable bonds is 2. The predicted molar refractivity (Wildman–Crippen MR) is 94.7 cm³/mol. The van der Waals surface area contributed by atoms with Crippen molar-refractivity contribution in [3.63, 3.8) is 0 Å². The van der Waals surface area contributed by atoms with Gasteiger partial charge in [0.05, 0.1) is 31.3 Å². The summed E-state index contributed by atoms with van der Waals surface area (Å²) in [6, 6.07) is 9.05. The largest absolute Gasteiger partial charge is 0.271 e. The average Bonchev–Trinajstić information content (AvgIpc) is 3.21. The van der Waals surface area contributed by atoms with Crippen LogP contribution in [-0.4, -0.2) is 21.2 Å². The summed E-state index contributed by atoms with van der Waals surface area (Å²) >= 11 is 0. The molecule has 2 aliphatic heterocycles. The van der Waals surface area contributed by atoms with Crippen LogP contribution in [-0.2, 0) is 0 Å². The van der Waals surface area contributed by atoms with Crippen molar-refractivity contribution in [1.82, 2.24) is 0 Å². The van der Waals surface area contributed by atoms with Crippen LogP contribution in [0, 0.1) is 20.2 Å². The third-order valence-electron chi connectivity index (χ3n) is 5.51. The summed E-state index contributed by atoms with van der Waals surface area (Å²) < 4.78 is 0. The highest BCUT2D eigenvalue weighted by atomic mass is 16.6. The first-order valence-electron chi connectivity index (χ1n) is 8.86. The Morgan fingerprint density at radius 2 is 1.00 bits per heavy atom. The first-order valence-corrected chi connectivity index (χ1v) is 8.86. The molecule has 5 rings (SSSR count). The Kier molecular flexibility index (Phi) is 3.25. The van der Waals surface area contributed by atoms with Crippen molar-refractivity contribution in [3.8, 4) is 0 Å². The van der Waals surface area contributed by atoms with Gasteiger partial charge in [-0.15, -0.1) is 0 Å². The van der Waals surface area contributed by atoms with Gasteiger partial charge in [-0.2, -0.15) is 0 Å². The molecular formula is C18H14N6O4. The second kappa shape index (κ2) is 5.47. The van der Waals surface area contributed by atoms with Crippen molar-refractivity contribution in [3.05, 3.63) is 78.1 Å². The van der Waals surface area contributed by atoms with Crippen LogP contribution in [0.4, 0.5) is 11.4 Å². The van der Waals surface area contributed by atoms with Crippen LogP contribution < -0.4 is 21.4 Å². The van der Waals surface area contributed by atoms with Crippen molar-refractivity contribution in [2.75, 3.05) is 0 Å². The molecule has 0 N–H and O–H groups in total. The van der Waals surface area contributed by atoms with Crippen molar-refractivity contribution in [1.29, 1.82) is 0 Å². The quantitative estimate of drug-likeness (QED) is 0.560. The molecule has 2 aromatic carbocycles. The lowest BCUT2D eigenvalue weighted by molar-refractivity contribution is -0.385. The zero-order chi connectivity index (χ0) is 19.5. The SMILES string of the molecule is O=[N+]([O-])c1ccc2c(c1)=NC1(CCC3(CC1)N=c1ccc([N+](=O)[O-])cc1=N3)N=2. The Bertz CT molecular complexity index is 1190. The van der Waals surface area contributed by atoms with Crippen LogP contribution in [0.25, 0.3) is 0 Å². The Hall–Kier alpha value is -3.56. The summed E-state index contributed by atoms with van der Waals surface area (Å²) in [7, 11) is 0. The van der Waals surface area contributed by atoms with E-state index in [9.17, 15) is 20.2 Å². The van der Waals surface area contributed by atoms with Gasteiger partial charge in [-0.1, -0.05) is 0 Å². The van der Waals surface area contributed by atoms with Crippen molar-refractivity contribution in [2.24, 2.45) is 20.0 Å². The number of benzene rings is 2. The number of hydrogen-bond acceptors (Lipinski definition) is 8. The van der Waals surface area contributed by atoms with E-state index in [4.69, 9.17) is 9.98 Å². The van der Waals surface area contributed by atoms with Gasteiger partial charge in [-0.3, -0.25) is 40.2 Å². The van der Waals surface area contributed by atoms with Crippen molar-refractivity contribution in [2.45, 2.75) is 37.0 Å². The van der Waals surface area contributed by atoms with Crippen LogP contribution in [0.3, 0.4) is 0 Å². The average molecular weight is 378 g/mol. The van der Waals surface area contributed by atoms with E-state index in [1.807, 2.05) is 0 Å². The van der Waals surface area contributed by atoms with E-state index in [1.54, 1.807) is 12.1 Å². The molecule has 2 spiro atoms. The maximum absolute atomic E-state index is 11.0. The third-order valence-corrected chi connectivity index (χ3v) is 5.51. The second-order valence-electron chi connectivity index (χ2n) is 7.27. The first kappa shape index (κ1) is 16.6. The molecule has 1 saturated carbocycles. The molecule has 140 valence electrons. The number of hydrogen-bond donors (Lipinski definition) is 0. The molecule has 10 heteroatoms. The van der Waals surface area contributed by atoms with E-state index in [0.717, 1.165) is 0 Å². The van der Waals surface area contributed by atoms with E-state index < -0.39 is 21.2 Å². The second-order valence-corrected chi connectivity index (χ2v) is 7.27. The summed E-state index contributed by atoms with van der Waals surface area (Å²) in [5, 5.41) is 24.4. The number of nitrogens with zero attached hydrogens (tertiary/aromatic N) is 6. The van der Waals surface area contributed by atoms with Gasteiger partial charge in [-0.25, -0.2) is 0 Å². The van der Waals surface area contributed by atoms with Crippen LogP contribution in [0.15, 0.2) is 56.4 Å². The molecule has 0 amide bonds. The molecule has 0 saturated heterocycles. The molecule has 28 heavy (non-hydrogen) atoms. The molecule has 0 aromatic heterocycles. The highest BCUT2D eigenvalue weighted by Gasteiger charge is 2.44. The molecule has 0 unspecified atom stereocenters. The Labute approximate surface area is 157 Å². The van der Waals surface area contributed by atoms with Gasteiger partial charge in [0.25, 0.3) is 11.4 Å². The van der Waals surface area contributed by atoms with Crippen LogP contribution in [0.1, 0.15) is 25.7 Å². The van der Waals surface area contributed by atoms with Gasteiger partial charge in [0.15, 0.2) is 11.3 Å². The smallest absolute Gasteiger partial charge is 0.258 e. The maximum Gasteiger partial charge on any atom is 0.271 e. The fraction of sp³-hybridized carbons (Fsp3) is 0.333. The highest BCUT2D eigenvalue weighted by molar-refractivity contribution is 5.30. The zero-order valence-corrected chi connectivity index (χ0v) is 14.6. The lowest BCUT2D eigenvalue weighted by atomic mass is 9.83. The number of nitro benzene ring substituents is 2. The van der Waals surface area contributed by atoms with Gasteiger partial charge in [-0.05, 0) is 37.8 Å². The van der Waals surface area contributed by atoms with E-state index in [-0.39, 0.29) is 11.4 Å². The minimum atomic E-state index is -0.630. The number of fused-ring (bicyclic) bond motifs is 2. The van der Waals surface area contributed by atoms with Gasteiger partial charge in [0, 0.05) is 24.3 Å². The summed E-state index contributed by atoms with van der Waals surface area (Å²) in [4.78, 5) is 39.9. The summed E-state index contributed by atoms with van der Waals surface area (Å²) in [6.07, 6.45) is 2.44. The molecular weight excluding hydrogens is 364 g/mol. The molecule has 0 bridgehead atoms. The van der Waals surface area contributed by atoms with E-state index in [1.165, 1.54) is 24.3 Å². The van der Waals surface area contributed by atoms with Crippen LogP contribution >= 0.6 is 0 Å². The van der Waals surface area contributed by atoms with E-state index >= 15 is 0 Å². The van der Waals surface area contributed by atoms with Crippen LogP contribution in [0.5, 0.6) is 0 Å². The lowest BCUT2D eigenvalue weighted by Gasteiger charge is -2.36. The Balaban J connectivity index is 1.45. The molecule has 0 atom stereocenters. The molecule has 0 radical (unpaired) electrons. The molecule has 10 nitrogen and oxygen atoms in total. The fourth-order valence-electron chi connectivity index (χ4n) is 4.06. The predicted octanol–water partition coefficient (Wildman–Crippen LogP) is 0.675. The van der Waals surface area contributed by atoms with Crippen LogP contribution in [0.2, 0.25) is 0 Å². The molecule has 2 heterocycles. The third kappa shape index (κ3) is 2.48. The lowest BCUT2D eigenvalue weighted by Crippen LogP contribution is -2.38. The normalized spacial score (nSPS) is 26.6. The van der Waals surface area contributed by atoms with Gasteiger partial charge in [0.1, 0.15) is 0 Å². The molecule has 1 fully saturated rings. The maximum atomic E-state index is 11.0. The van der Waals surface area contributed by atoms with E-state index in [0.29, 0.717) is 47.1 Å². The molecule has 1 aliphatic carbocycles. The van der Waals surface area contributed by atoms with Gasteiger partial charge < -0.3 is 0 Å². The fourth-order valence-corrected chi connectivity index (χ4v) is 4.06. The first-order chi connectivity index (χ1) is 13.4. The molecule has 3 aliphatic rings. The van der Waals surface area contributed by atoms with E-state index in [2.05, 4.69) is 9.98 Å². The Morgan fingerprint density at radius 3 is 1.36 bits per heavy atom. The van der Waals surface area contributed by atoms with Gasteiger partial charge >= 0.3 is 0 Å². The van der Waals surface area contributed by atoms with Crippen molar-refractivity contribution >= 4 is 11.4 Å². The zero-order valence-electron chi connectivity index (χ0n) is 14.6. The minimum Gasteiger partial charge on any atom is -0.258 e. The van der Waals surface area contributed by atoms with Crippen molar-refractivity contribution < 1.29 is 9.85 Å². The summed E-state index contributed by atoms with van der Waals surface area (Å²) in [5.41, 5.74) is -1.26. The monoisotopic (exact) mass is 378 g/mol.